The van der Waals surface area contributed by atoms with Crippen molar-refractivity contribution >= 4 is 41.8 Å². The Hall–Kier alpha value is -6.81. The van der Waals surface area contributed by atoms with E-state index in [4.69, 9.17) is 14.2 Å². The Bertz CT molecular complexity index is 2010. The van der Waals surface area contributed by atoms with E-state index < -0.39 is 41.6 Å². The molecule has 1 aliphatic rings. The molecular weight excluding hydrogens is 724 g/mol. The van der Waals surface area contributed by atoms with Crippen molar-refractivity contribution < 1.29 is 43.1 Å². The third kappa shape index (κ3) is 10.9. The molecule has 56 heavy (non-hydrogen) atoms. The number of anilines is 1. The molecule has 0 aliphatic heterocycles. The highest BCUT2D eigenvalue weighted by atomic mass is 16.7. The molecule has 1 unspecified atom stereocenters. The predicted octanol–water partition coefficient (Wildman–Crippen LogP) is 4.86. The third-order valence-electron chi connectivity index (χ3n) is 8.98. The summed E-state index contributed by atoms with van der Waals surface area (Å²) in [5.41, 5.74) is 5.54. The minimum atomic E-state index is -1.06. The summed E-state index contributed by atoms with van der Waals surface area (Å²) in [5.74, 6) is -1.21. The highest BCUT2D eigenvalue weighted by Crippen LogP contribution is 2.44. The minimum absolute atomic E-state index is 0.0453. The largest absolute Gasteiger partial charge is 0.514 e. The zero-order valence-corrected chi connectivity index (χ0v) is 30.8. The maximum atomic E-state index is 13.5. The van der Waals surface area contributed by atoms with Crippen LogP contribution < -0.4 is 26.0 Å². The first-order valence-corrected chi connectivity index (χ1v) is 17.8. The van der Waals surface area contributed by atoms with Gasteiger partial charge >= 0.3 is 12.2 Å². The van der Waals surface area contributed by atoms with E-state index in [1.165, 1.54) is 29.2 Å². The normalized spacial score (nSPS) is 12.0. The highest BCUT2D eigenvalue weighted by molar-refractivity contribution is 5.97. The number of nitro groups is 1. The van der Waals surface area contributed by atoms with Crippen molar-refractivity contribution in [1.29, 1.82) is 0 Å². The van der Waals surface area contributed by atoms with Crippen LogP contribution in [0.1, 0.15) is 41.0 Å². The van der Waals surface area contributed by atoms with Crippen LogP contribution in [0.25, 0.3) is 11.1 Å². The first-order valence-electron chi connectivity index (χ1n) is 17.8. The van der Waals surface area contributed by atoms with Crippen molar-refractivity contribution in [1.82, 2.24) is 20.9 Å². The van der Waals surface area contributed by atoms with Gasteiger partial charge in [-0.05, 0) is 84.1 Å². The number of carbonyl (C=O) groups excluding carboxylic acids is 5. The van der Waals surface area contributed by atoms with Crippen LogP contribution in [0.3, 0.4) is 0 Å². The molecule has 4 aromatic carbocycles. The van der Waals surface area contributed by atoms with E-state index in [2.05, 4.69) is 21.3 Å². The standard InChI is InChI=1S/C40H42N6O10/c1-41-19-7-12-36(44-37(48)21-42-39(50)54-24-35-33-10-5-3-8-31(33)32-9-4-6-11-34(32)35)38(49)43-28-14-13-26(27(20-28)22-45(2)25-47)23-55-40(51)56-30-17-15-29(16-18-30)46(52)53/h3-6,8-11,13-18,20,25,35-36,41H,7,12,19,21-24H2,1-2H3,(H,42,50)(H,43,49)(H,44,48). The number of nitro benzene ring substituents is 1. The molecule has 1 aliphatic carbocycles. The number of rotatable bonds is 18. The lowest BCUT2D eigenvalue weighted by atomic mass is 9.98. The molecule has 292 valence electrons. The Morgan fingerprint density at radius 3 is 2.23 bits per heavy atom. The van der Waals surface area contributed by atoms with Crippen LogP contribution in [0.15, 0.2) is 91.0 Å². The Morgan fingerprint density at radius 2 is 1.59 bits per heavy atom. The Labute approximate surface area is 322 Å². The monoisotopic (exact) mass is 766 g/mol. The zero-order valence-electron chi connectivity index (χ0n) is 30.8. The van der Waals surface area contributed by atoms with E-state index in [-0.39, 0.29) is 43.5 Å². The van der Waals surface area contributed by atoms with Crippen LogP contribution in [-0.2, 0) is 37.0 Å². The second-order valence-electron chi connectivity index (χ2n) is 12.9. The van der Waals surface area contributed by atoms with Crippen LogP contribution >= 0.6 is 0 Å². The Balaban J connectivity index is 1.16. The summed E-state index contributed by atoms with van der Waals surface area (Å²) in [6.07, 6.45) is -0.375. The highest BCUT2D eigenvalue weighted by Gasteiger charge is 2.29. The van der Waals surface area contributed by atoms with Crippen LogP contribution in [0.4, 0.5) is 21.0 Å². The van der Waals surface area contributed by atoms with E-state index in [0.717, 1.165) is 22.3 Å². The number of ether oxygens (including phenoxy) is 3. The second kappa shape index (κ2) is 19.5. The molecule has 16 nitrogen and oxygen atoms in total. The van der Waals surface area contributed by atoms with Crippen LogP contribution in [0.5, 0.6) is 5.75 Å². The molecule has 0 saturated carbocycles. The average molecular weight is 767 g/mol. The van der Waals surface area contributed by atoms with E-state index in [1.807, 2.05) is 48.5 Å². The van der Waals surface area contributed by atoms with Crippen molar-refractivity contribution in [2.24, 2.45) is 0 Å². The fourth-order valence-electron chi connectivity index (χ4n) is 6.22. The van der Waals surface area contributed by atoms with E-state index in [1.54, 1.807) is 32.3 Å². The van der Waals surface area contributed by atoms with E-state index in [9.17, 15) is 34.1 Å². The SMILES string of the molecule is CNCCCC(NC(=O)CNC(=O)OCC1c2ccccc2-c2ccccc21)C(=O)Nc1ccc(COC(=O)Oc2ccc([N+](=O)[O-])cc2)c(CN(C)C=O)c1. The molecule has 0 spiro atoms. The van der Waals surface area contributed by atoms with Gasteiger partial charge in [0, 0.05) is 37.3 Å². The van der Waals surface area contributed by atoms with Gasteiger partial charge in [-0.2, -0.15) is 0 Å². The lowest BCUT2D eigenvalue weighted by Crippen LogP contribution is -2.47. The van der Waals surface area contributed by atoms with Gasteiger partial charge in [-0.1, -0.05) is 54.6 Å². The Kier molecular flexibility index (Phi) is 14.1. The number of fused-ring (bicyclic) bond motifs is 3. The average Bonchev–Trinajstić information content (AvgIpc) is 3.52. The lowest BCUT2D eigenvalue weighted by Gasteiger charge is -2.20. The molecule has 4 N–H and O–H groups in total. The summed E-state index contributed by atoms with van der Waals surface area (Å²) < 4.78 is 15.9. The summed E-state index contributed by atoms with van der Waals surface area (Å²) in [5, 5.41) is 21.9. The number of benzene rings is 4. The van der Waals surface area contributed by atoms with Crippen LogP contribution in [-0.4, -0.2) is 80.1 Å². The number of hydrogen-bond acceptors (Lipinski definition) is 11. The summed E-state index contributed by atoms with van der Waals surface area (Å²) in [6.45, 7) is 0.101. The van der Waals surface area contributed by atoms with Crippen molar-refractivity contribution in [3.05, 3.63) is 123 Å². The second-order valence-corrected chi connectivity index (χ2v) is 12.9. The fourth-order valence-corrected chi connectivity index (χ4v) is 6.22. The predicted molar refractivity (Wildman–Crippen MR) is 205 cm³/mol. The van der Waals surface area contributed by atoms with Crippen molar-refractivity contribution in [2.75, 3.05) is 39.1 Å². The van der Waals surface area contributed by atoms with Crippen molar-refractivity contribution in [3.8, 4) is 16.9 Å². The summed E-state index contributed by atoms with van der Waals surface area (Å²) in [7, 11) is 3.32. The molecule has 4 amide bonds. The number of alkyl carbamates (subject to hydrolysis) is 1. The molecule has 0 saturated heterocycles. The van der Waals surface area contributed by atoms with Gasteiger partial charge in [0.05, 0.1) is 4.92 Å². The first-order chi connectivity index (χ1) is 27.1. The summed E-state index contributed by atoms with van der Waals surface area (Å²) in [4.78, 5) is 74.6. The first kappa shape index (κ1) is 40.4. The van der Waals surface area contributed by atoms with Crippen molar-refractivity contribution in [2.45, 2.75) is 38.0 Å². The molecule has 1 atom stereocenters. The quantitative estimate of drug-likeness (QED) is 0.0269. The molecule has 16 heteroatoms. The molecule has 0 radical (unpaired) electrons. The zero-order chi connectivity index (χ0) is 40.0. The summed E-state index contributed by atoms with van der Waals surface area (Å²) in [6, 6.07) is 24.6. The third-order valence-corrected chi connectivity index (χ3v) is 8.98. The molecule has 0 heterocycles. The van der Waals surface area contributed by atoms with Crippen LogP contribution in [0.2, 0.25) is 0 Å². The van der Waals surface area contributed by atoms with E-state index in [0.29, 0.717) is 36.2 Å². The van der Waals surface area contributed by atoms with E-state index >= 15 is 0 Å². The number of non-ortho nitro benzene ring substituents is 1. The minimum Gasteiger partial charge on any atom is -0.449 e. The molecule has 4 aromatic rings. The van der Waals surface area contributed by atoms with Crippen molar-refractivity contribution in [3.63, 3.8) is 0 Å². The number of carbonyl (C=O) groups is 5. The van der Waals surface area contributed by atoms with Gasteiger partial charge < -0.3 is 40.4 Å². The molecule has 0 fully saturated rings. The van der Waals surface area contributed by atoms with Crippen LogP contribution in [0, 0.1) is 10.1 Å². The molecule has 5 rings (SSSR count). The smallest absolute Gasteiger partial charge is 0.449 e. The molecular formula is C40H42N6O10. The van der Waals surface area contributed by atoms with Gasteiger partial charge in [0.25, 0.3) is 5.69 Å². The number of nitrogens with one attached hydrogen (secondary N) is 4. The van der Waals surface area contributed by atoms with Gasteiger partial charge in [-0.15, -0.1) is 0 Å². The van der Waals surface area contributed by atoms with Gasteiger partial charge in [-0.25, -0.2) is 9.59 Å². The maximum absolute atomic E-state index is 13.5. The topological polar surface area (TPSA) is 208 Å². The number of nitrogens with zero attached hydrogens (tertiary/aromatic N) is 2. The lowest BCUT2D eigenvalue weighted by molar-refractivity contribution is -0.384. The number of amides is 4. The van der Waals surface area contributed by atoms with Gasteiger partial charge in [-0.3, -0.25) is 24.5 Å². The Morgan fingerprint density at radius 1 is 0.911 bits per heavy atom. The summed E-state index contributed by atoms with van der Waals surface area (Å²) >= 11 is 0. The maximum Gasteiger partial charge on any atom is 0.514 e. The van der Waals surface area contributed by atoms with Gasteiger partial charge in [0.15, 0.2) is 0 Å². The van der Waals surface area contributed by atoms with Gasteiger partial charge in [0.1, 0.15) is 31.5 Å². The fraction of sp³-hybridized carbons (Fsp3) is 0.275. The molecule has 0 bridgehead atoms. The number of hydrogen-bond donors (Lipinski definition) is 4. The molecule has 0 aromatic heterocycles. The van der Waals surface area contributed by atoms with Gasteiger partial charge in [0.2, 0.25) is 18.2 Å².